The first-order valence-electron chi connectivity index (χ1n) is 7.87. The average molecular weight is 381 g/mol. The second-order valence-corrected chi connectivity index (χ2v) is 6.32. The maximum absolute atomic E-state index is 10.3. The van der Waals surface area contributed by atoms with Gasteiger partial charge in [0.1, 0.15) is 11.9 Å². The Balaban J connectivity index is 2.28. The highest BCUT2D eigenvalue weighted by molar-refractivity contribution is 7.71. The first-order chi connectivity index (χ1) is 12.2. The fraction of sp³-hybridized carbons (Fsp3) is 0.412. The lowest BCUT2D eigenvalue weighted by atomic mass is 10.1. The number of aliphatic hydroxyl groups excluding tert-OH is 3. The van der Waals surface area contributed by atoms with E-state index in [0.717, 1.165) is 15.7 Å². The van der Waals surface area contributed by atoms with Crippen LogP contribution >= 0.6 is 12.2 Å². The molecule has 1 aromatic heterocycles. The van der Waals surface area contributed by atoms with Crippen LogP contribution in [0, 0.1) is 18.6 Å². The molecule has 0 aliphatic rings. The Morgan fingerprint density at radius 2 is 1.88 bits per heavy atom. The highest BCUT2D eigenvalue weighted by Gasteiger charge is 2.39. The summed E-state index contributed by atoms with van der Waals surface area (Å²) >= 11 is 5.17. The molecular formula is C17H23N3O5S. The number of nitrogens with two attached hydrogens (primary N) is 1. The molecule has 2 rings (SSSR count). The summed E-state index contributed by atoms with van der Waals surface area (Å²) in [5.41, 5.74) is 5.76. The lowest BCUT2D eigenvalue weighted by Crippen LogP contribution is -2.58. The molecule has 0 saturated heterocycles. The van der Waals surface area contributed by atoms with E-state index in [1.807, 2.05) is 32.0 Å². The van der Waals surface area contributed by atoms with Gasteiger partial charge in [-0.1, -0.05) is 18.2 Å². The van der Waals surface area contributed by atoms with Gasteiger partial charge < -0.3 is 24.8 Å². The van der Waals surface area contributed by atoms with E-state index in [0.29, 0.717) is 5.75 Å². The van der Waals surface area contributed by atoms with Crippen molar-refractivity contribution in [2.24, 2.45) is 5.73 Å². The van der Waals surface area contributed by atoms with Crippen LogP contribution in [-0.2, 0) is 4.74 Å². The summed E-state index contributed by atoms with van der Waals surface area (Å²) in [6.45, 7) is 3.14. The number of methoxy groups -OCH3 is 1. The molecule has 1 heterocycles. The molecule has 9 heteroatoms. The smallest absolute Gasteiger partial charge is 0.223 e. The van der Waals surface area contributed by atoms with Crippen LogP contribution in [0.15, 0.2) is 30.5 Å². The summed E-state index contributed by atoms with van der Waals surface area (Å²) < 4.78 is 11.8. The Hall–Kier alpha value is -1.88. The highest BCUT2D eigenvalue weighted by Crippen LogP contribution is 2.28. The molecule has 142 valence electrons. The Bertz CT molecular complexity index is 802. The summed E-state index contributed by atoms with van der Waals surface area (Å²) in [7, 11) is 1.21. The minimum Gasteiger partial charge on any atom is -0.438 e. The van der Waals surface area contributed by atoms with Crippen LogP contribution in [0.25, 0.3) is 0 Å². The molecule has 3 atom stereocenters. The van der Waals surface area contributed by atoms with Crippen LogP contribution in [-0.4, -0.2) is 50.4 Å². The van der Waals surface area contributed by atoms with Crippen LogP contribution in [0.2, 0.25) is 0 Å². The van der Waals surface area contributed by atoms with E-state index in [1.165, 1.54) is 19.4 Å². The maximum Gasteiger partial charge on any atom is 0.223 e. The second-order valence-electron chi connectivity index (χ2n) is 5.95. The van der Waals surface area contributed by atoms with Gasteiger partial charge in [0.25, 0.3) is 0 Å². The quantitative estimate of drug-likeness (QED) is 0.416. The predicted molar refractivity (Wildman–Crippen MR) is 97.3 cm³/mol. The van der Waals surface area contributed by atoms with Gasteiger partial charge in [-0.15, -0.1) is 0 Å². The van der Waals surface area contributed by atoms with Gasteiger partial charge in [0, 0.05) is 19.4 Å². The summed E-state index contributed by atoms with van der Waals surface area (Å²) in [6.07, 6.45) is -1.79. The SMILES string of the molecule is COC(N)(CO)C(O)C(O)n1ccc(Oc2c(C)cccc2C)nc1=S. The molecule has 0 saturated carbocycles. The molecule has 2 aromatic rings. The number of benzene rings is 1. The van der Waals surface area contributed by atoms with Crippen LogP contribution in [0.1, 0.15) is 17.4 Å². The Kier molecular flexibility index (Phi) is 6.45. The Morgan fingerprint density at radius 3 is 2.38 bits per heavy atom. The van der Waals surface area contributed by atoms with E-state index in [9.17, 15) is 15.3 Å². The van der Waals surface area contributed by atoms with Gasteiger partial charge in [-0.25, -0.2) is 0 Å². The predicted octanol–water partition coefficient (Wildman–Crippen LogP) is 1.17. The number of ether oxygens (including phenoxy) is 2. The minimum absolute atomic E-state index is 0.0309. The number of hydrogen-bond donors (Lipinski definition) is 4. The monoisotopic (exact) mass is 381 g/mol. The zero-order valence-corrected chi connectivity index (χ0v) is 15.6. The second kappa shape index (κ2) is 8.21. The van der Waals surface area contributed by atoms with Crippen LogP contribution < -0.4 is 10.5 Å². The van der Waals surface area contributed by atoms with Gasteiger partial charge in [-0.2, -0.15) is 4.98 Å². The van der Waals surface area contributed by atoms with Gasteiger partial charge in [-0.3, -0.25) is 10.3 Å². The van der Waals surface area contributed by atoms with E-state index in [4.69, 9.17) is 27.4 Å². The lowest BCUT2D eigenvalue weighted by molar-refractivity contribution is -0.177. The van der Waals surface area contributed by atoms with Gasteiger partial charge in [0.05, 0.1) is 6.61 Å². The highest BCUT2D eigenvalue weighted by atomic mass is 32.1. The summed E-state index contributed by atoms with van der Waals surface area (Å²) in [6, 6.07) is 7.26. The van der Waals surface area contributed by atoms with Crippen molar-refractivity contribution < 1.29 is 24.8 Å². The lowest BCUT2D eigenvalue weighted by Gasteiger charge is -2.34. The molecular weight excluding hydrogens is 358 g/mol. The summed E-state index contributed by atoms with van der Waals surface area (Å²) in [5, 5.41) is 29.8. The summed E-state index contributed by atoms with van der Waals surface area (Å²) in [5.74, 6) is 0.923. The van der Waals surface area contributed by atoms with Crippen molar-refractivity contribution in [1.82, 2.24) is 9.55 Å². The maximum atomic E-state index is 10.3. The number of nitrogens with zero attached hydrogens (tertiary/aromatic N) is 2. The molecule has 3 unspecified atom stereocenters. The van der Waals surface area contributed by atoms with Gasteiger partial charge >= 0.3 is 0 Å². The van der Waals surface area contributed by atoms with Gasteiger partial charge in [0.15, 0.2) is 12.0 Å². The number of para-hydroxylation sites is 1. The van der Waals surface area contributed by atoms with E-state index >= 15 is 0 Å². The van der Waals surface area contributed by atoms with Crippen molar-refractivity contribution in [1.29, 1.82) is 0 Å². The number of aliphatic hydroxyl groups is 3. The fourth-order valence-electron chi connectivity index (χ4n) is 2.40. The summed E-state index contributed by atoms with van der Waals surface area (Å²) in [4.78, 5) is 4.13. The molecule has 0 fully saturated rings. The van der Waals surface area contributed by atoms with Crippen molar-refractivity contribution in [2.45, 2.75) is 31.9 Å². The molecule has 0 amide bonds. The van der Waals surface area contributed by atoms with E-state index in [-0.39, 0.29) is 10.7 Å². The first kappa shape index (κ1) is 20.4. The van der Waals surface area contributed by atoms with E-state index in [2.05, 4.69) is 4.98 Å². The molecule has 26 heavy (non-hydrogen) atoms. The Labute approximate surface area is 156 Å². The third-order valence-electron chi connectivity index (χ3n) is 4.12. The van der Waals surface area contributed by atoms with Crippen molar-refractivity contribution in [2.75, 3.05) is 13.7 Å². The third-order valence-corrected chi connectivity index (χ3v) is 4.42. The number of rotatable bonds is 7. The molecule has 1 aromatic carbocycles. The fourth-order valence-corrected chi connectivity index (χ4v) is 2.66. The van der Waals surface area contributed by atoms with Gasteiger partial charge in [0.2, 0.25) is 10.7 Å². The average Bonchev–Trinajstić information content (AvgIpc) is 2.63. The molecule has 5 N–H and O–H groups in total. The topological polar surface area (TPSA) is 123 Å². The van der Waals surface area contributed by atoms with Crippen LogP contribution in [0.3, 0.4) is 0 Å². The van der Waals surface area contributed by atoms with E-state index in [1.54, 1.807) is 0 Å². The third kappa shape index (κ3) is 4.09. The number of hydrogen-bond acceptors (Lipinski definition) is 8. The first-order valence-corrected chi connectivity index (χ1v) is 8.28. The molecule has 8 nitrogen and oxygen atoms in total. The molecule has 0 radical (unpaired) electrons. The van der Waals surface area contributed by atoms with Crippen molar-refractivity contribution in [3.8, 4) is 11.6 Å². The molecule has 0 aliphatic carbocycles. The molecule has 0 spiro atoms. The standard InChI is InChI=1S/C17H23N3O5S/c1-10-5-4-6-11(2)13(10)25-12-7-8-20(16(26)19-12)15(23)14(22)17(18,9-21)24-3/h4-8,14-15,21-23H,9,18H2,1-3H3. The normalized spacial score (nSPS) is 16.0. The van der Waals surface area contributed by atoms with Crippen molar-refractivity contribution >= 4 is 12.2 Å². The number of aryl methyl sites for hydroxylation is 2. The Morgan fingerprint density at radius 1 is 1.27 bits per heavy atom. The minimum atomic E-state index is -1.85. The van der Waals surface area contributed by atoms with E-state index < -0.39 is 24.7 Å². The zero-order valence-electron chi connectivity index (χ0n) is 14.8. The number of aromatic nitrogens is 2. The van der Waals surface area contributed by atoms with Crippen molar-refractivity contribution in [3.63, 3.8) is 0 Å². The molecule has 0 aliphatic heterocycles. The van der Waals surface area contributed by atoms with Crippen molar-refractivity contribution in [3.05, 3.63) is 46.4 Å². The van der Waals surface area contributed by atoms with Crippen LogP contribution in [0.4, 0.5) is 0 Å². The molecule has 0 bridgehead atoms. The van der Waals surface area contributed by atoms with Crippen LogP contribution in [0.5, 0.6) is 11.6 Å². The van der Waals surface area contributed by atoms with Gasteiger partial charge in [-0.05, 0) is 37.2 Å². The zero-order chi connectivity index (χ0) is 19.5. The largest absolute Gasteiger partial charge is 0.438 e.